The van der Waals surface area contributed by atoms with Crippen LogP contribution in [-0.4, -0.2) is 41.7 Å². The zero-order valence-electron chi connectivity index (χ0n) is 17.3. The topological polar surface area (TPSA) is 123 Å². The molecule has 1 amide bonds. The lowest BCUT2D eigenvalue weighted by atomic mass is 10.1. The number of carbonyl (C=O) groups is 1. The molecule has 1 fully saturated rings. The number of fused-ring (bicyclic) bond motifs is 1. The molecule has 1 aromatic carbocycles. The summed E-state index contributed by atoms with van der Waals surface area (Å²) in [6.07, 6.45) is 1.75. The Morgan fingerprint density at radius 1 is 1.45 bits per heavy atom. The molecule has 4 rings (SSSR count). The fraction of sp³-hybridized carbons (Fsp3) is 0.318. The smallest absolute Gasteiger partial charge is 0.274 e. The van der Waals surface area contributed by atoms with E-state index in [1.54, 1.807) is 0 Å². The molecule has 3 heterocycles. The SMILES string of the molecule is N#Cc1cc2c(Br)c(NC3CCNCC3)nc(C(=O)NC(CO)c3c(F)cccc3Cl)c2o1. The van der Waals surface area contributed by atoms with E-state index in [-0.39, 0.29) is 33.7 Å². The summed E-state index contributed by atoms with van der Waals surface area (Å²) in [5.74, 6) is -0.933. The van der Waals surface area contributed by atoms with Crippen molar-refractivity contribution in [2.24, 2.45) is 0 Å². The summed E-state index contributed by atoms with van der Waals surface area (Å²) in [4.78, 5) is 17.7. The largest absolute Gasteiger partial charge is 0.443 e. The second-order valence-corrected chi connectivity index (χ2v) is 8.80. The number of aliphatic hydroxyl groups excluding tert-OH is 1. The standard InChI is InChI=1S/C22H20BrClFN5O3/c23-18-13-8-12(9-26)33-20(13)19(30-21(18)28-11-4-6-27-7-5-11)22(32)29-16(10-31)17-14(24)2-1-3-15(17)25/h1-3,8,11,16,27,31H,4-7,10H2,(H,28,30)(H,29,32). The number of amides is 1. The van der Waals surface area contributed by atoms with Crippen molar-refractivity contribution in [1.82, 2.24) is 15.6 Å². The summed E-state index contributed by atoms with van der Waals surface area (Å²) < 4.78 is 20.5. The Kier molecular flexibility index (Phi) is 7.14. The Bertz CT molecular complexity index is 1220. The second-order valence-electron chi connectivity index (χ2n) is 7.60. The molecular weight excluding hydrogens is 517 g/mol. The molecule has 3 aromatic rings. The molecule has 1 aliphatic rings. The summed E-state index contributed by atoms with van der Waals surface area (Å²) in [5.41, 5.74) is -0.0336. The molecule has 0 bridgehead atoms. The molecule has 4 N–H and O–H groups in total. The first-order valence-corrected chi connectivity index (χ1v) is 11.5. The maximum absolute atomic E-state index is 14.4. The number of nitriles is 1. The molecule has 1 saturated heterocycles. The van der Waals surface area contributed by atoms with Gasteiger partial charge in [-0.15, -0.1) is 0 Å². The van der Waals surface area contributed by atoms with Gasteiger partial charge in [-0.25, -0.2) is 9.37 Å². The van der Waals surface area contributed by atoms with Crippen LogP contribution < -0.4 is 16.0 Å². The molecule has 0 saturated carbocycles. The minimum absolute atomic E-state index is 0.0106. The number of furan rings is 1. The number of aliphatic hydroxyl groups is 1. The second kappa shape index (κ2) is 10.1. The summed E-state index contributed by atoms with van der Waals surface area (Å²) in [7, 11) is 0. The Morgan fingerprint density at radius 2 is 2.21 bits per heavy atom. The number of benzene rings is 1. The van der Waals surface area contributed by atoms with Gasteiger partial charge < -0.3 is 25.5 Å². The molecule has 2 aromatic heterocycles. The van der Waals surface area contributed by atoms with Crippen LogP contribution in [0.3, 0.4) is 0 Å². The van der Waals surface area contributed by atoms with Gasteiger partial charge in [0.1, 0.15) is 17.7 Å². The molecule has 1 atom stereocenters. The number of carbonyl (C=O) groups excluding carboxylic acids is 1. The van der Waals surface area contributed by atoms with Gasteiger partial charge in [0.15, 0.2) is 11.3 Å². The highest BCUT2D eigenvalue weighted by atomic mass is 79.9. The van der Waals surface area contributed by atoms with Crippen LogP contribution in [0.1, 0.15) is 40.7 Å². The van der Waals surface area contributed by atoms with Crippen LogP contribution in [0.5, 0.6) is 0 Å². The molecule has 0 aliphatic carbocycles. The molecule has 0 radical (unpaired) electrons. The first-order chi connectivity index (χ1) is 15.9. The fourth-order valence-electron chi connectivity index (χ4n) is 3.81. The number of rotatable bonds is 6. The zero-order valence-corrected chi connectivity index (χ0v) is 19.6. The number of nitrogens with one attached hydrogen (secondary N) is 3. The average molecular weight is 537 g/mol. The third-order valence-electron chi connectivity index (χ3n) is 5.46. The predicted octanol–water partition coefficient (Wildman–Crippen LogP) is 3.88. The summed E-state index contributed by atoms with van der Waals surface area (Å²) in [6, 6.07) is 6.57. The number of hydrogen-bond donors (Lipinski definition) is 4. The van der Waals surface area contributed by atoms with E-state index >= 15 is 0 Å². The first-order valence-electron chi connectivity index (χ1n) is 10.3. The number of anilines is 1. The van der Waals surface area contributed by atoms with Crippen molar-refractivity contribution < 1.29 is 18.7 Å². The summed E-state index contributed by atoms with van der Waals surface area (Å²) >= 11 is 9.62. The van der Waals surface area contributed by atoms with Crippen LogP contribution in [-0.2, 0) is 0 Å². The van der Waals surface area contributed by atoms with Crippen molar-refractivity contribution in [3.63, 3.8) is 0 Å². The maximum Gasteiger partial charge on any atom is 0.274 e. The minimum atomic E-state index is -1.11. The predicted molar refractivity (Wildman–Crippen MR) is 125 cm³/mol. The van der Waals surface area contributed by atoms with Crippen LogP contribution in [0.4, 0.5) is 10.2 Å². The third kappa shape index (κ3) is 4.82. The maximum atomic E-state index is 14.4. The normalized spacial score (nSPS) is 15.2. The van der Waals surface area contributed by atoms with Gasteiger partial charge in [-0.1, -0.05) is 17.7 Å². The number of hydrogen-bond acceptors (Lipinski definition) is 7. The van der Waals surface area contributed by atoms with Gasteiger partial charge in [-0.05, 0) is 54.0 Å². The van der Waals surface area contributed by atoms with Gasteiger partial charge in [0.2, 0.25) is 5.76 Å². The Morgan fingerprint density at radius 3 is 2.88 bits per heavy atom. The van der Waals surface area contributed by atoms with Gasteiger partial charge >= 0.3 is 0 Å². The minimum Gasteiger partial charge on any atom is -0.443 e. The molecular formula is C22H20BrClFN5O3. The van der Waals surface area contributed by atoms with Crippen molar-refractivity contribution in [2.75, 3.05) is 25.0 Å². The average Bonchev–Trinajstić information content (AvgIpc) is 3.25. The van der Waals surface area contributed by atoms with E-state index < -0.39 is 24.4 Å². The van der Waals surface area contributed by atoms with Gasteiger partial charge in [0.25, 0.3) is 5.91 Å². The number of piperidine rings is 1. The molecule has 8 nitrogen and oxygen atoms in total. The van der Waals surface area contributed by atoms with Crippen molar-refractivity contribution in [1.29, 1.82) is 5.26 Å². The van der Waals surface area contributed by atoms with E-state index in [0.717, 1.165) is 25.9 Å². The fourth-order valence-corrected chi connectivity index (χ4v) is 4.61. The number of pyridine rings is 1. The number of aromatic nitrogens is 1. The van der Waals surface area contributed by atoms with Crippen molar-refractivity contribution in [2.45, 2.75) is 24.9 Å². The highest BCUT2D eigenvalue weighted by molar-refractivity contribution is 9.10. The first kappa shape index (κ1) is 23.4. The van der Waals surface area contributed by atoms with Gasteiger partial charge in [0, 0.05) is 28.1 Å². The van der Waals surface area contributed by atoms with Gasteiger partial charge in [-0.3, -0.25) is 4.79 Å². The summed E-state index contributed by atoms with van der Waals surface area (Å²) in [5, 5.41) is 28.9. The quantitative estimate of drug-likeness (QED) is 0.377. The Balaban J connectivity index is 1.73. The van der Waals surface area contributed by atoms with E-state index in [9.17, 15) is 19.6 Å². The van der Waals surface area contributed by atoms with Crippen LogP contribution >= 0.6 is 27.5 Å². The lowest BCUT2D eigenvalue weighted by Crippen LogP contribution is -2.36. The van der Waals surface area contributed by atoms with E-state index in [4.69, 9.17) is 16.0 Å². The zero-order chi connectivity index (χ0) is 23.5. The van der Waals surface area contributed by atoms with E-state index in [2.05, 4.69) is 36.9 Å². The Labute approximate surface area is 202 Å². The van der Waals surface area contributed by atoms with Gasteiger partial charge in [0.05, 0.1) is 17.1 Å². The molecule has 33 heavy (non-hydrogen) atoms. The molecule has 1 unspecified atom stereocenters. The van der Waals surface area contributed by atoms with Crippen LogP contribution in [0.25, 0.3) is 11.0 Å². The van der Waals surface area contributed by atoms with Crippen LogP contribution in [0, 0.1) is 17.1 Å². The van der Waals surface area contributed by atoms with E-state index in [1.807, 2.05) is 6.07 Å². The van der Waals surface area contributed by atoms with Crippen LogP contribution in [0.2, 0.25) is 5.02 Å². The van der Waals surface area contributed by atoms with E-state index in [1.165, 1.54) is 24.3 Å². The molecule has 172 valence electrons. The highest BCUT2D eigenvalue weighted by Crippen LogP contribution is 2.35. The summed E-state index contributed by atoms with van der Waals surface area (Å²) in [6.45, 7) is 1.13. The number of halogens is 3. The van der Waals surface area contributed by atoms with E-state index in [0.29, 0.717) is 15.7 Å². The van der Waals surface area contributed by atoms with Crippen molar-refractivity contribution in [3.05, 3.63) is 56.6 Å². The van der Waals surface area contributed by atoms with Gasteiger partial charge in [-0.2, -0.15) is 5.26 Å². The lowest BCUT2D eigenvalue weighted by Gasteiger charge is -2.25. The lowest BCUT2D eigenvalue weighted by molar-refractivity contribution is 0.0911. The number of nitrogens with zero attached hydrogens (tertiary/aromatic N) is 2. The van der Waals surface area contributed by atoms with Crippen molar-refractivity contribution >= 4 is 50.2 Å². The monoisotopic (exact) mass is 535 g/mol. The van der Waals surface area contributed by atoms with Crippen LogP contribution in [0.15, 0.2) is 33.2 Å². The molecule has 0 spiro atoms. The third-order valence-corrected chi connectivity index (χ3v) is 6.59. The highest BCUT2D eigenvalue weighted by Gasteiger charge is 2.27. The molecule has 11 heteroatoms. The molecule has 1 aliphatic heterocycles. The van der Waals surface area contributed by atoms with Crippen molar-refractivity contribution in [3.8, 4) is 6.07 Å². The Hall–Kier alpha value is -2.71.